The summed E-state index contributed by atoms with van der Waals surface area (Å²) < 4.78 is 0. The van der Waals surface area contributed by atoms with E-state index in [1.165, 1.54) is 6.42 Å². The first-order chi connectivity index (χ1) is 8.06. The monoisotopic (exact) mass is 233 g/mol. The van der Waals surface area contributed by atoms with Gasteiger partial charge in [-0.3, -0.25) is 0 Å². The minimum absolute atomic E-state index is 0.0655. The first-order valence-electron chi connectivity index (χ1n) is 6.52. The molecule has 2 heterocycles. The fourth-order valence-corrected chi connectivity index (χ4v) is 2.70. The van der Waals surface area contributed by atoms with Crippen molar-refractivity contribution in [2.75, 3.05) is 18.0 Å². The van der Waals surface area contributed by atoms with Crippen LogP contribution in [-0.4, -0.2) is 18.1 Å². The van der Waals surface area contributed by atoms with E-state index in [1.54, 1.807) is 0 Å². The Hall–Kier alpha value is -1.09. The van der Waals surface area contributed by atoms with Gasteiger partial charge in [0.1, 0.15) is 5.82 Å². The van der Waals surface area contributed by atoms with E-state index >= 15 is 0 Å². The number of hydrogen-bond acceptors (Lipinski definition) is 3. The third kappa shape index (κ3) is 2.97. The highest BCUT2D eigenvalue weighted by Crippen LogP contribution is 2.25. The van der Waals surface area contributed by atoms with Crippen molar-refractivity contribution >= 4 is 5.82 Å². The zero-order valence-corrected chi connectivity index (χ0v) is 11.1. The van der Waals surface area contributed by atoms with Crippen molar-refractivity contribution in [1.29, 1.82) is 0 Å². The lowest BCUT2D eigenvalue weighted by molar-refractivity contribution is 0.355. The number of aromatic nitrogens is 1. The van der Waals surface area contributed by atoms with Crippen molar-refractivity contribution in [3.63, 3.8) is 0 Å². The molecule has 2 N–H and O–H groups in total. The number of nitrogens with zero attached hydrogens (tertiary/aromatic N) is 2. The molecular weight excluding hydrogens is 210 g/mol. The number of rotatable bonds is 2. The fraction of sp³-hybridized carbons (Fsp3) is 0.643. The van der Waals surface area contributed by atoms with Gasteiger partial charge in [-0.1, -0.05) is 19.9 Å². The van der Waals surface area contributed by atoms with Crippen molar-refractivity contribution in [1.82, 2.24) is 4.98 Å². The van der Waals surface area contributed by atoms with E-state index in [0.29, 0.717) is 0 Å². The van der Waals surface area contributed by atoms with Crippen molar-refractivity contribution in [2.45, 2.75) is 33.2 Å². The van der Waals surface area contributed by atoms with Gasteiger partial charge < -0.3 is 10.6 Å². The molecule has 3 heteroatoms. The van der Waals surface area contributed by atoms with E-state index < -0.39 is 0 Å². The summed E-state index contributed by atoms with van der Waals surface area (Å²) in [6, 6.07) is 4.26. The molecule has 0 radical (unpaired) electrons. The Bertz CT molecular complexity index is 348. The second kappa shape index (κ2) is 5.05. The molecule has 94 valence electrons. The molecule has 1 saturated heterocycles. The maximum atomic E-state index is 5.83. The highest BCUT2D eigenvalue weighted by molar-refractivity contribution is 5.40. The molecule has 17 heavy (non-hydrogen) atoms. The second-order valence-electron chi connectivity index (χ2n) is 5.59. The van der Waals surface area contributed by atoms with Gasteiger partial charge in [0.25, 0.3) is 0 Å². The topological polar surface area (TPSA) is 42.1 Å². The van der Waals surface area contributed by atoms with E-state index in [0.717, 1.165) is 36.3 Å². The van der Waals surface area contributed by atoms with E-state index in [4.69, 9.17) is 5.73 Å². The fourth-order valence-electron chi connectivity index (χ4n) is 2.70. The SMILES string of the molecule is CC1CC(C)CN(c2ccc([C@H](C)N)cn2)C1. The van der Waals surface area contributed by atoms with Crippen LogP contribution in [0.3, 0.4) is 0 Å². The molecule has 1 aliphatic rings. The molecule has 2 rings (SSSR count). The van der Waals surface area contributed by atoms with Crippen LogP contribution in [0.15, 0.2) is 18.3 Å². The van der Waals surface area contributed by atoms with Gasteiger partial charge in [0.05, 0.1) is 0 Å². The van der Waals surface area contributed by atoms with Crippen molar-refractivity contribution in [2.24, 2.45) is 17.6 Å². The molecule has 1 aromatic rings. The number of nitrogens with two attached hydrogens (primary N) is 1. The van der Waals surface area contributed by atoms with E-state index in [2.05, 4.69) is 35.9 Å². The average molecular weight is 233 g/mol. The molecule has 3 atom stereocenters. The zero-order chi connectivity index (χ0) is 12.4. The quantitative estimate of drug-likeness (QED) is 0.853. The van der Waals surface area contributed by atoms with Crippen LogP contribution in [0.2, 0.25) is 0 Å². The maximum absolute atomic E-state index is 5.83. The van der Waals surface area contributed by atoms with E-state index in [1.807, 2.05) is 13.1 Å². The Labute approximate surface area is 104 Å². The number of hydrogen-bond donors (Lipinski definition) is 1. The summed E-state index contributed by atoms with van der Waals surface area (Å²) in [5, 5.41) is 0. The summed E-state index contributed by atoms with van der Waals surface area (Å²) >= 11 is 0. The minimum atomic E-state index is 0.0655. The molecular formula is C14H23N3. The molecule has 2 unspecified atom stereocenters. The summed E-state index contributed by atoms with van der Waals surface area (Å²) in [7, 11) is 0. The third-order valence-corrected chi connectivity index (χ3v) is 3.49. The Morgan fingerprint density at radius 2 is 1.94 bits per heavy atom. The predicted octanol–water partition coefficient (Wildman–Crippen LogP) is 2.58. The summed E-state index contributed by atoms with van der Waals surface area (Å²) in [5.41, 5.74) is 6.94. The molecule has 1 aromatic heterocycles. The van der Waals surface area contributed by atoms with Crippen molar-refractivity contribution in [3.8, 4) is 0 Å². The third-order valence-electron chi connectivity index (χ3n) is 3.49. The molecule has 0 spiro atoms. The van der Waals surface area contributed by atoms with Gasteiger partial charge in [-0.25, -0.2) is 4.98 Å². The lowest BCUT2D eigenvalue weighted by Gasteiger charge is -2.35. The molecule has 0 bridgehead atoms. The van der Waals surface area contributed by atoms with E-state index in [9.17, 15) is 0 Å². The van der Waals surface area contributed by atoms with Gasteiger partial charge in [0.2, 0.25) is 0 Å². The molecule has 1 aliphatic heterocycles. The summed E-state index contributed by atoms with van der Waals surface area (Å²) in [6.07, 6.45) is 3.23. The Morgan fingerprint density at radius 1 is 1.29 bits per heavy atom. The van der Waals surface area contributed by atoms with Gasteiger partial charge >= 0.3 is 0 Å². The van der Waals surface area contributed by atoms with Crippen LogP contribution < -0.4 is 10.6 Å². The molecule has 3 nitrogen and oxygen atoms in total. The van der Waals surface area contributed by atoms with Crippen LogP contribution in [0.1, 0.15) is 38.8 Å². The van der Waals surface area contributed by atoms with Crippen LogP contribution in [0, 0.1) is 11.8 Å². The van der Waals surface area contributed by atoms with Gasteiger partial charge in [-0.2, -0.15) is 0 Å². The standard InChI is InChI=1S/C14H23N3/c1-10-6-11(2)9-17(8-10)14-5-4-13(7-16-14)12(3)15/h4-5,7,10-12H,6,8-9,15H2,1-3H3/t10?,11?,12-/m0/s1. The highest BCUT2D eigenvalue weighted by atomic mass is 15.2. The van der Waals surface area contributed by atoms with Crippen molar-refractivity contribution < 1.29 is 0 Å². The van der Waals surface area contributed by atoms with Crippen LogP contribution in [-0.2, 0) is 0 Å². The molecule has 0 saturated carbocycles. The summed E-state index contributed by atoms with van der Waals surface area (Å²) in [5.74, 6) is 2.61. The number of piperidine rings is 1. The summed E-state index contributed by atoms with van der Waals surface area (Å²) in [4.78, 5) is 6.93. The molecule has 0 aromatic carbocycles. The Kier molecular flexibility index (Phi) is 3.67. The largest absolute Gasteiger partial charge is 0.356 e. The predicted molar refractivity (Wildman–Crippen MR) is 72.0 cm³/mol. The smallest absolute Gasteiger partial charge is 0.128 e. The van der Waals surface area contributed by atoms with Crippen LogP contribution in [0.25, 0.3) is 0 Å². The Balaban J connectivity index is 2.11. The Morgan fingerprint density at radius 3 is 2.41 bits per heavy atom. The molecule has 1 fully saturated rings. The molecule has 0 aliphatic carbocycles. The van der Waals surface area contributed by atoms with E-state index in [-0.39, 0.29) is 6.04 Å². The van der Waals surface area contributed by atoms with Crippen LogP contribution >= 0.6 is 0 Å². The lowest BCUT2D eigenvalue weighted by atomic mass is 9.92. The normalized spacial score (nSPS) is 26.9. The zero-order valence-electron chi connectivity index (χ0n) is 11.1. The van der Waals surface area contributed by atoms with Crippen LogP contribution in [0.5, 0.6) is 0 Å². The van der Waals surface area contributed by atoms with Gasteiger partial charge in [-0.15, -0.1) is 0 Å². The van der Waals surface area contributed by atoms with Gasteiger partial charge in [0.15, 0.2) is 0 Å². The van der Waals surface area contributed by atoms with Gasteiger partial charge in [-0.05, 0) is 36.8 Å². The first-order valence-corrected chi connectivity index (χ1v) is 6.52. The van der Waals surface area contributed by atoms with Gasteiger partial charge in [0, 0.05) is 25.3 Å². The van der Waals surface area contributed by atoms with Crippen molar-refractivity contribution in [3.05, 3.63) is 23.9 Å². The average Bonchev–Trinajstić information content (AvgIpc) is 2.28. The second-order valence-corrected chi connectivity index (χ2v) is 5.59. The number of anilines is 1. The number of pyridine rings is 1. The highest BCUT2D eigenvalue weighted by Gasteiger charge is 2.22. The first kappa shape index (κ1) is 12.4. The lowest BCUT2D eigenvalue weighted by Crippen LogP contribution is -2.39. The summed E-state index contributed by atoms with van der Waals surface area (Å²) in [6.45, 7) is 8.86. The molecule has 0 amide bonds. The van der Waals surface area contributed by atoms with Crippen LogP contribution in [0.4, 0.5) is 5.82 Å². The minimum Gasteiger partial charge on any atom is -0.356 e. The maximum Gasteiger partial charge on any atom is 0.128 e.